The van der Waals surface area contributed by atoms with Gasteiger partial charge in [0, 0.05) is 24.5 Å². The van der Waals surface area contributed by atoms with Gasteiger partial charge in [-0.3, -0.25) is 0 Å². The van der Waals surface area contributed by atoms with Crippen LogP contribution in [0.2, 0.25) is 0 Å². The maximum Gasteiger partial charge on any atom is 0.202 e. The van der Waals surface area contributed by atoms with Crippen LogP contribution in [0.25, 0.3) is 0 Å². The number of hydrogen-bond acceptors (Lipinski definition) is 4. The summed E-state index contributed by atoms with van der Waals surface area (Å²) in [6.45, 7) is 9.74. The molecule has 4 heteroatoms. The highest BCUT2D eigenvalue weighted by atomic mass is 32.1. The van der Waals surface area contributed by atoms with Crippen LogP contribution in [-0.2, 0) is 6.42 Å². The summed E-state index contributed by atoms with van der Waals surface area (Å²) in [5, 5.41) is 4.28. The summed E-state index contributed by atoms with van der Waals surface area (Å²) in [4.78, 5) is 4.36. The zero-order chi connectivity index (χ0) is 10.6. The zero-order valence-electron chi connectivity index (χ0n) is 9.42. The quantitative estimate of drug-likeness (QED) is 0.817. The van der Waals surface area contributed by atoms with Crippen LogP contribution in [0.15, 0.2) is 0 Å². The fourth-order valence-corrected chi connectivity index (χ4v) is 1.55. The molecule has 0 aliphatic carbocycles. The van der Waals surface area contributed by atoms with E-state index in [1.807, 2.05) is 0 Å². The number of hydrogen-bond donors (Lipinski definition) is 1. The molecule has 0 bridgehead atoms. The van der Waals surface area contributed by atoms with Crippen molar-refractivity contribution in [2.24, 2.45) is 5.41 Å². The second-order valence-corrected chi connectivity index (χ2v) is 4.99. The van der Waals surface area contributed by atoms with Crippen LogP contribution in [-0.4, -0.2) is 15.9 Å². The van der Waals surface area contributed by atoms with Crippen LogP contribution in [0, 0.1) is 5.41 Å². The Balaban J connectivity index is 2.45. The first-order chi connectivity index (χ1) is 6.57. The van der Waals surface area contributed by atoms with Crippen LogP contribution in [0.4, 0.5) is 5.13 Å². The molecule has 0 amide bonds. The molecule has 1 rings (SSSR count). The van der Waals surface area contributed by atoms with E-state index in [2.05, 4.69) is 42.4 Å². The predicted molar refractivity (Wildman–Crippen MR) is 61.8 cm³/mol. The summed E-state index contributed by atoms with van der Waals surface area (Å²) in [5.74, 6) is 0.937. The number of nitrogens with zero attached hydrogens (tertiary/aromatic N) is 2. The summed E-state index contributed by atoms with van der Waals surface area (Å²) in [6.07, 6.45) is 2.08. The van der Waals surface area contributed by atoms with Crippen molar-refractivity contribution >= 4 is 16.7 Å². The highest BCUT2D eigenvalue weighted by molar-refractivity contribution is 7.09. The lowest BCUT2D eigenvalue weighted by atomic mass is 9.90. The van der Waals surface area contributed by atoms with Crippen molar-refractivity contribution in [3.63, 3.8) is 0 Å². The Morgan fingerprint density at radius 1 is 1.36 bits per heavy atom. The molecule has 1 heterocycles. The minimum Gasteiger partial charge on any atom is -0.360 e. The van der Waals surface area contributed by atoms with Crippen LogP contribution in [0.3, 0.4) is 0 Å². The molecule has 0 aliphatic rings. The number of aryl methyl sites for hydroxylation is 1. The molecule has 80 valence electrons. The molecule has 1 aromatic rings. The van der Waals surface area contributed by atoms with Gasteiger partial charge in [-0.2, -0.15) is 4.37 Å². The van der Waals surface area contributed by atoms with Gasteiger partial charge in [0.2, 0.25) is 5.13 Å². The van der Waals surface area contributed by atoms with Gasteiger partial charge >= 0.3 is 0 Å². The summed E-state index contributed by atoms with van der Waals surface area (Å²) in [7, 11) is 0. The maximum absolute atomic E-state index is 4.36. The van der Waals surface area contributed by atoms with Gasteiger partial charge in [0.15, 0.2) is 0 Å². The third-order valence-corrected chi connectivity index (χ3v) is 3.17. The van der Waals surface area contributed by atoms with E-state index in [9.17, 15) is 0 Å². The van der Waals surface area contributed by atoms with Crippen molar-refractivity contribution in [3.05, 3.63) is 5.82 Å². The minimum atomic E-state index is 0.331. The van der Waals surface area contributed by atoms with Gasteiger partial charge in [-0.05, 0) is 11.8 Å². The lowest BCUT2D eigenvalue weighted by Gasteiger charge is -2.22. The molecule has 1 aromatic heterocycles. The Labute approximate surface area is 90.1 Å². The van der Waals surface area contributed by atoms with E-state index in [1.165, 1.54) is 18.0 Å². The summed E-state index contributed by atoms with van der Waals surface area (Å²) in [5.41, 5.74) is 0.331. The SMILES string of the molecule is CCc1nsc(NCC(C)(C)CC)n1. The van der Waals surface area contributed by atoms with E-state index in [4.69, 9.17) is 0 Å². The Hall–Kier alpha value is -0.640. The van der Waals surface area contributed by atoms with Gasteiger partial charge in [-0.25, -0.2) is 4.98 Å². The molecule has 1 N–H and O–H groups in total. The standard InChI is InChI=1S/C10H19N3S/c1-5-8-12-9(14-13-8)11-7-10(3,4)6-2/h5-7H2,1-4H3,(H,11,12,13). The summed E-state index contributed by atoms with van der Waals surface area (Å²) in [6, 6.07) is 0. The van der Waals surface area contributed by atoms with Crippen molar-refractivity contribution in [1.82, 2.24) is 9.36 Å². The molecule has 3 nitrogen and oxygen atoms in total. The molecular weight excluding hydrogens is 194 g/mol. The van der Waals surface area contributed by atoms with Crippen LogP contribution >= 0.6 is 11.5 Å². The first-order valence-electron chi connectivity index (χ1n) is 5.14. The van der Waals surface area contributed by atoms with E-state index >= 15 is 0 Å². The van der Waals surface area contributed by atoms with Crippen molar-refractivity contribution < 1.29 is 0 Å². The second-order valence-electron chi connectivity index (χ2n) is 4.24. The summed E-state index contributed by atoms with van der Waals surface area (Å²) >= 11 is 1.45. The molecule has 0 aliphatic heterocycles. The monoisotopic (exact) mass is 213 g/mol. The smallest absolute Gasteiger partial charge is 0.202 e. The van der Waals surface area contributed by atoms with Gasteiger partial charge < -0.3 is 5.32 Å². The lowest BCUT2D eigenvalue weighted by molar-refractivity contribution is 0.377. The molecule has 0 aromatic carbocycles. The molecule has 0 unspecified atom stereocenters. The summed E-state index contributed by atoms with van der Waals surface area (Å²) < 4.78 is 4.23. The Morgan fingerprint density at radius 2 is 2.07 bits per heavy atom. The van der Waals surface area contributed by atoms with Crippen LogP contribution in [0.1, 0.15) is 39.9 Å². The largest absolute Gasteiger partial charge is 0.360 e. The average molecular weight is 213 g/mol. The van der Waals surface area contributed by atoms with Crippen molar-refractivity contribution in [2.75, 3.05) is 11.9 Å². The van der Waals surface area contributed by atoms with E-state index in [0.717, 1.165) is 23.9 Å². The van der Waals surface area contributed by atoms with Gasteiger partial charge in [-0.15, -0.1) is 0 Å². The third kappa shape index (κ3) is 3.25. The van der Waals surface area contributed by atoms with E-state index in [-0.39, 0.29) is 0 Å². The number of aromatic nitrogens is 2. The maximum atomic E-state index is 4.36. The fraction of sp³-hybridized carbons (Fsp3) is 0.800. The van der Waals surface area contributed by atoms with E-state index in [0.29, 0.717) is 5.41 Å². The van der Waals surface area contributed by atoms with Crippen LogP contribution < -0.4 is 5.32 Å². The lowest BCUT2D eigenvalue weighted by Crippen LogP contribution is -2.21. The topological polar surface area (TPSA) is 37.8 Å². The number of rotatable bonds is 5. The molecule has 0 radical (unpaired) electrons. The van der Waals surface area contributed by atoms with E-state index in [1.54, 1.807) is 0 Å². The van der Waals surface area contributed by atoms with Gasteiger partial charge in [0.25, 0.3) is 0 Å². The minimum absolute atomic E-state index is 0.331. The molecule has 0 saturated heterocycles. The van der Waals surface area contributed by atoms with Crippen molar-refractivity contribution in [2.45, 2.75) is 40.5 Å². The molecule has 14 heavy (non-hydrogen) atoms. The van der Waals surface area contributed by atoms with Gasteiger partial charge in [0.05, 0.1) is 0 Å². The third-order valence-electron chi connectivity index (χ3n) is 2.46. The first kappa shape index (κ1) is 11.4. The average Bonchev–Trinajstić information content (AvgIpc) is 2.63. The Kier molecular flexibility index (Phi) is 3.86. The zero-order valence-corrected chi connectivity index (χ0v) is 10.2. The highest BCUT2D eigenvalue weighted by Crippen LogP contribution is 2.21. The predicted octanol–water partition coefficient (Wildman–Crippen LogP) is 2.95. The molecule has 0 spiro atoms. The Morgan fingerprint density at radius 3 is 2.57 bits per heavy atom. The number of anilines is 1. The van der Waals surface area contributed by atoms with Crippen molar-refractivity contribution in [3.8, 4) is 0 Å². The molecular formula is C10H19N3S. The Bertz CT molecular complexity index is 281. The fourth-order valence-electron chi connectivity index (χ4n) is 0.909. The first-order valence-corrected chi connectivity index (χ1v) is 5.91. The molecule has 0 saturated carbocycles. The normalized spacial score (nSPS) is 11.7. The van der Waals surface area contributed by atoms with Crippen molar-refractivity contribution in [1.29, 1.82) is 0 Å². The number of nitrogens with one attached hydrogen (secondary N) is 1. The van der Waals surface area contributed by atoms with Crippen LogP contribution in [0.5, 0.6) is 0 Å². The molecule has 0 atom stereocenters. The van der Waals surface area contributed by atoms with Gasteiger partial charge in [-0.1, -0.05) is 27.7 Å². The molecule has 0 fully saturated rings. The van der Waals surface area contributed by atoms with Gasteiger partial charge in [0.1, 0.15) is 5.82 Å². The van der Waals surface area contributed by atoms with E-state index < -0.39 is 0 Å². The highest BCUT2D eigenvalue weighted by Gasteiger charge is 2.15. The second kappa shape index (κ2) is 4.73.